The number of aliphatic hydroxyl groups excluding tert-OH is 1. The Morgan fingerprint density at radius 2 is 1.88 bits per heavy atom. The second kappa shape index (κ2) is 6.24. The van der Waals surface area contributed by atoms with Gasteiger partial charge >= 0.3 is 0 Å². The molecular formula is C13H25NO2. The van der Waals surface area contributed by atoms with Crippen LogP contribution in [0.25, 0.3) is 0 Å². The predicted octanol–water partition coefficient (Wildman–Crippen LogP) is 2.19. The van der Waals surface area contributed by atoms with Gasteiger partial charge < -0.3 is 10.0 Å². The minimum Gasteiger partial charge on any atom is -0.395 e. The lowest BCUT2D eigenvalue weighted by molar-refractivity contribution is -0.162. The Morgan fingerprint density at radius 1 is 1.25 bits per heavy atom. The second-order valence-corrected chi connectivity index (χ2v) is 5.21. The molecule has 3 nitrogen and oxygen atoms in total. The highest BCUT2D eigenvalue weighted by Gasteiger charge is 2.47. The molecule has 1 unspecified atom stereocenters. The van der Waals surface area contributed by atoms with Gasteiger partial charge in [-0.2, -0.15) is 0 Å². The van der Waals surface area contributed by atoms with Gasteiger partial charge in [0, 0.05) is 13.1 Å². The highest BCUT2D eigenvalue weighted by atomic mass is 16.3. The third-order valence-corrected chi connectivity index (χ3v) is 3.47. The van der Waals surface area contributed by atoms with Crippen molar-refractivity contribution in [2.75, 3.05) is 19.7 Å². The summed E-state index contributed by atoms with van der Waals surface area (Å²) in [6.45, 7) is 5.65. The van der Waals surface area contributed by atoms with Crippen LogP contribution in [0.1, 0.15) is 52.4 Å². The molecule has 0 aromatic rings. The molecule has 1 fully saturated rings. The van der Waals surface area contributed by atoms with E-state index in [9.17, 15) is 4.79 Å². The van der Waals surface area contributed by atoms with Crippen LogP contribution in [0.3, 0.4) is 0 Å². The Balaban J connectivity index is 2.02. The summed E-state index contributed by atoms with van der Waals surface area (Å²) in [4.78, 5) is 13.5. The molecule has 1 saturated heterocycles. The number of rotatable bonds is 8. The molecule has 3 heteroatoms. The Hall–Kier alpha value is -0.570. The van der Waals surface area contributed by atoms with E-state index in [1.54, 1.807) is 0 Å². The minimum absolute atomic E-state index is 0.0150. The summed E-state index contributed by atoms with van der Waals surface area (Å²) in [5.74, 6) is 0.128. The zero-order valence-corrected chi connectivity index (χ0v) is 10.7. The van der Waals surface area contributed by atoms with Crippen molar-refractivity contribution < 1.29 is 9.90 Å². The standard InChI is InChI=1S/C13H25NO2/c1-3-4-5-6-7-8-9-14-10-13(2,11-15)12(14)16/h15H,3-11H2,1-2H3. The molecule has 1 heterocycles. The van der Waals surface area contributed by atoms with Crippen LogP contribution in [-0.2, 0) is 4.79 Å². The van der Waals surface area contributed by atoms with Crippen LogP contribution in [0, 0.1) is 5.41 Å². The Bertz CT molecular complexity index is 230. The zero-order chi connectivity index (χ0) is 12.0. The van der Waals surface area contributed by atoms with Gasteiger partial charge in [0.1, 0.15) is 0 Å². The summed E-state index contributed by atoms with van der Waals surface area (Å²) in [6, 6.07) is 0. The molecule has 0 aromatic heterocycles. The van der Waals surface area contributed by atoms with E-state index in [1.807, 2.05) is 11.8 Å². The summed E-state index contributed by atoms with van der Waals surface area (Å²) in [5, 5.41) is 9.05. The summed E-state index contributed by atoms with van der Waals surface area (Å²) < 4.78 is 0. The molecule has 1 rings (SSSR count). The number of carbonyl (C=O) groups is 1. The third kappa shape index (κ3) is 3.21. The van der Waals surface area contributed by atoms with E-state index in [2.05, 4.69) is 6.92 Å². The molecule has 0 radical (unpaired) electrons. The summed E-state index contributed by atoms with van der Waals surface area (Å²) in [5.41, 5.74) is -0.470. The molecule has 0 bridgehead atoms. The fourth-order valence-corrected chi connectivity index (χ4v) is 2.23. The first-order valence-electron chi connectivity index (χ1n) is 6.54. The van der Waals surface area contributed by atoms with Gasteiger partial charge in [0.15, 0.2) is 0 Å². The fourth-order valence-electron chi connectivity index (χ4n) is 2.23. The predicted molar refractivity (Wildman–Crippen MR) is 65.1 cm³/mol. The van der Waals surface area contributed by atoms with E-state index in [4.69, 9.17) is 5.11 Å². The number of hydrogen-bond donors (Lipinski definition) is 1. The minimum atomic E-state index is -0.470. The molecule has 1 amide bonds. The first-order chi connectivity index (χ1) is 7.64. The van der Waals surface area contributed by atoms with E-state index in [0.29, 0.717) is 0 Å². The number of β-lactam (4-membered cyclic amide) rings is 1. The van der Waals surface area contributed by atoms with E-state index >= 15 is 0 Å². The highest BCUT2D eigenvalue weighted by molar-refractivity contribution is 5.88. The smallest absolute Gasteiger partial charge is 0.232 e. The summed E-state index contributed by atoms with van der Waals surface area (Å²) >= 11 is 0. The number of likely N-dealkylation sites (tertiary alicyclic amines) is 1. The molecule has 0 saturated carbocycles. The van der Waals surface area contributed by atoms with Crippen molar-refractivity contribution in [3.8, 4) is 0 Å². The maximum atomic E-state index is 11.6. The van der Waals surface area contributed by atoms with Gasteiger partial charge in [-0.25, -0.2) is 0 Å². The van der Waals surface area contributed by atoms with Crippen molar-refractivity contribution in [2.45, 2.75) is 52.4 Å². The lowest BCUT2D eigenvalue weighted by Gasteiger charge is -2.45. The van der Waals surface area contributed by atoms with Crippen molar-refractivity contribution >= 4 is 5.91 Å². The van der Waals surface area contributed by atoms with Crippen molar-refractivity contribution in [3.63, 3.8) is 0 Å². The van der Waals surface area contributed by atoms with E-state index in [1.165, 1.54) is 32.1 Å². The fraction of sp³-hybridized carbons (Fsp3) is 0.923. The maximum Gasteiger partial charge on any atom is 0.232 e. The number of nitrogens with zero attached hydrogens (tertiary/aromatic N) is 1. The highest BCUT2D eigenvalue weighted by Crippen LogP contribution is 2.30. The van der Waals surface area contributed by atoms with Gasteiger partial charge in [-0.3, -0.25) is 4.79 Å². The molecule has 0 aromatic carbocycles. The summed E-state index contributed by atoms with van der Waals surface area (Å²) in [7, 11) is 0. The van der Waals surface area contributed by atoms with E-state index in [0.717, 1.165) is 19.5 Å². The van der Waals surface area contributed by atoms with Crippen molar-refractivity contribution in [1.82, 2.24) is 4.90 Å². The lowest BCUT2D eigenvalue weighted by Crippen LogP contribution is -2.61. The molecule has 1 aliphatic rings. The number of carbonyl (C=O) groups excluding carboxylic acids is 1. The normalized spacial score (nSPS) is 24.7. The molecule has 1 aliphatic heterocycles. The monoisotopic (exact) mass is 227 g/mol. The Labute approximate surface area is 98.8 Å². The first-order valence-corrected chi connectivity index (χ1v) is 6.54. The summed E-state index contributed by atoms with van der Waals surface area (Å²) in [6.07, 6.45) is 7.53. The molecule has 94 valence electrons. The molecular weight excluding hydrogens is 202 g/mol. The van der Waals surface area contributed by atoms with Crippen molar-refractivity contribution in [3.05, 3.63) is 0 Å². The van der Waals surface area contributed by atoms with Gasteiger partial charge in [-0.05, 0) is 13.3 Å². The van der Waals surface area contributed by atoms with Crippen LogP contribution in [0.5, 0.6) is 0 Å². The van der Waals surface area contributed by atoms with Gasteiger partial charge in [-0.1, -0.05) is 39.0 Å². The number of unbranched alkanes of at least 4 members (excludes halogenated alkanes) is 5. The van der Waals surface area contributed by atoms with Gasteiger partial charge in [0.2, 0.25) is 5.91 Å². The first kappa shape index (κ1) is 13.5. The van der Waals surface area contributed by atoms with Gasteiger partial charge in [0.05, 0.1) is 12.0 Å². The maximum absolute atomic E-state index is 11.6. The molecule has 16 heavy (non-hydrogen) atoms. The largest absolute Gasteiger partial charge is 0.395 e. The van der Waals surface area contributed by atoms with Crippen molar-refractivity contribution in [2.24, 2.45) is 5.41 Å². The van der Waals surface area contributed by atoms with E-state index < -0.39 is 5.41 Å². The SMILES string of the molecule is CCCCCCCCN1CC(C)(CO)C1=O. The van der Waals surface area contributed by atoms with Crippen LogP contribution >= 0.6 is 0 Å². The molecule has 0 aliphatic carbocycles. The van der Waals surface area contributed by atoms with Crippen LogP contribution in [0.4, 0.5) is 0 Å². The number of aliphatic hydroxyl groups is 1. The Kier molecular flexibility index (Phi) is 5.26. The average molecular weight is 227 g/mol. The second-order valence-electron chi connectivity index (χ2n) is 5.21. The third-order valence-electron chi connectivity index (χ3n) is 3.47. The van der Waals surface area contributed by atoms with Crippen LogP contribution in [0.15, 0.2) is 0 Å². The van der Waals surface area contributed by atoms with Crippen molar-refractivity contribution in [1.29, 1.82) is 0 Å². The van der Waals surface area contributed by atoms with Crippen LogP contribution in [0.2, 0.25) is 0 Å². The lowest BCUT2D eigenvalue weighted by atomic mass is 9.81. The average Bonchev–Trinajstić information content (AvgIpc) is 2.31. The van der Waals surface area contributed by atoms with Gasteiger partial charge in [-0.15, -0.1) is 0 Å². The van der Waals surface area contributed by atoms with E-state index in [-0.39, 0.29) is 12.5 Å². The molecule has 1 N–H and O–H groups in total. The zero-order valence-electron chi connectivity index (χ0n) is 10.7. The quantitative estimate of drug-likeness (QED) is 0.510. The number of hydrogen-bond acceptors (Lipinski definition) is 2. The van der Waals surface area contributed by atoms with Gasteiger partial charge in [0.25, 0.3) is 0 Å². The number of amides is 1. The topological polar surface area (TPSA) is 40.5 Å². The van der Waals surface area contributed by atoms with Crippen LogP contribution in [-0.4, -0.2) is 35.6 Å². The molecule has 0 spiro atoms. The Morgan fingerprint density at radius 3 is 2.44 bits per heavy atom. The molecule has 1 atom stereocenters. The van der Waals surface area contributed by atoms with Crippen LogP contribution < -0.4 is 0 Å².